The van der Waals surface area contributed by atoms with Crippen LogP contribution in [0.25, 0.3) is 22.1 Å². The molecular weight excluding hydrogens is 594 g/mol. The number of terminal acetylenes is 2. The third-order valence-electron chi connectivity index (χ3n) is 4.37. The molecule has 9 heteroatoms. The summed E-state index contributed by atoms with van der Waals surface area (Å²) >= 11 is 4.01. The van der Waals surface area contributed by atoms with Gasteiger partial charge in [0.1, 0.15) is 11.0 Å². The fourth-order valence-electron chi connectivity index (χ4n) is 2.93. The van der Waals surface area contributed by atoms with Gasteiger partial charge < -0.3 is 0 Å². The first kappa shape index (κ1) is 20.1. The molecule has 2 aromatic carbocycles. The minimum atomic E-state index is -1.35. The number of fused-ring (bicyclic) bond motifs is 2. The molecule has 0 spiro atoms. The van der Waals surface area contributed by atoms with Crippen LogP contribution in [0.5, 0.6) is 0 Å². The molecule has 0 aliphatic rings. The van der Waals surface area contributed by atoms with E-state index in [4.69, 9.17) is 17.6 Å². The molecule has 0 fully saturated rings. The van der Waals surface area contributed by atoms with E-state index in [0.717, 1.165) is 22.2 Å². The van der Waals surface area contributed by atoms with Crippen molar-refractivity contribution in [3.05, 3.63) is 47.5 Å². The lowest BCUT2D eigenvalue weighted by Gasteiger charge is -2.31. The highest BCUT2D eigenvalue weighted by Crippen LogP contribution is 2.40. The van der Waals surface area contributed by atoms with Crippen LogP contribution in [-0.2, 0) is 12.2 Å². The van der Waals surface area contributed by atoms with E-state index in [1.165, 1.54) is 0 Å². The SMILES string of the molecule is C#CC(I)(OC(I)(C#C)n1nnc2ccc(C)cc21)n1nnc2ccc(C)cc21. The first-order valence-electron chi connectivity index (χ1n) is 8.48. The molecule has 0 saturated heterocycles. The first-order chi connectivity index (χ1) is 13.8. The van der Waals surface area contributed by atoms with Crippen molar-refractivity contribution in [2.24, 2.45) is 0 Å². The van der Waals surface area contributed by atoms with Gasteiger partial charge in [-0.3, -0.25) is 4.74 Å². The number of nitrogens with zero attached hydrogens (tertiary/aromatic N) is 6. The Kier molecular flexibility index (Phi) is 5.01. The Morgan fingerprint density at radius 2 is 1.24 bits per heavy atom. The van der Waals surface area contributed by atoms with Gasteiger partial charge in [-0.1, -0.05) is 22.6 Å². The van der Waals surface area contributed by atoms with Crippen molar-refractivity contribution in [3.63, 3.8) is 0 Å². The highest BCUT2D eigenvalue weighted by atomic mass is 127. The molecule has 0 amide bonds. The Hall–Kier alpha value is -2.22. The minimum absolute atomic E-state index is 0.706. The van der Waals surface area contributed by atoms with Gasteiger partial charge in [-0.25, -0.2) is 0 Å². The Labute approximate surface area is 194 Å². The molecule has 0 aliphatic carbocycles. The molecule has 0 bridgehead atoms. The zero-order chi connectivity index (χ0) is 20.8. The number of aromatic nitrogens is 6. The fourth-order valence-corrected chi connectivity index (χ4v) is 4.70. The lowest BCUT2D eigenvalue weighted by atomic mass is 10.2. The number of rotatable bonds is 4. The predicted octanol–water partition coefficient (Wildman–Crippen LogP) is 3.87. The quantitative estimate of drug-likeness (QED) is 0.200. The summed E-state index contributed by atoms with van der Waals surface area (Å²) in [7, 11) is 0. The molecule has 2 aromatic heterocycles. The Bertz CT molecular complexity index is 1230. The molecule has 0 N–H and O–H groups in total. The molecule has 4 aromatic rings. The topological polar surface area (TPSA) is 70.7 Å². The van der Waals surface area contributed by atoms with Crippen molar-refractivity contribution >= 4 is 67.2 Å². The second-order valence-corrected chi connectivity index (χ2v) is 9.42. The van der Waals surface area contributed by atoms with Crippen LogP contribution in [0.2, 0.25) is 0 Å². The molecule has 0 saturated carbocycles. The number of halogens is 2. The van der Waals surface area contributed by atoms with E-state index in [-0.39, 0.29) is 0 Å². The standard InChI is InChI=1S/C20H14I2N6O/c1-5-19(21,27-17-11-13(3)7-9-15(17)23-25-27)29-20(22,6-2)28-18-12-14(4)8-10-16(18)24-26-28/h1-2,7-12H,3-4H3. The van der Waals surface area contributed by atoms with Gasteiger partial charge >= 0.3 is 0 Å². The van der Waals surface area contributed by atoms with Crippen molar-refractivity contribution < 1.29 is 4.74 Å². The summed E-state index contributed by atoms with van der Waals surface area (Å²) in [6.45, 7) is 3.96. The van der Waals surface area contributed by atoms with E-state index in [9.17, 15) is 0 Å². The minimum Gasteiger partial charge on any atom is -0.286 e. The molecule has 4 rings (SSSR count). The molecule has 0 aliphatic heterocycles. The fraction of sp³-hybridized carbons (Fsp3) is 0.200. The Morgan fingerprint density at radius 3 is 1.62 bits per heavy atom. The number of alkyl halides is 2. The maximum Gasteiger partial charge on any atom is 0.281 e. The van der Waals surface area contributed by atoms with Crippen LogP contribution < -0.4 is 0 Å². The Morgan fingerprint density at radius 1 is 0.828 bits per heavy atom. The van der Waals surface area contributed by atoms with Gasteiger partial charge in [0.2, 0.25) is 0 Å². The van der Waals surface area contributed by atoms with Crippen molar-refractivity contribution in [1.82, 2.24) is 30.0 Å². The molecular formula is C20H14I2N6O. The maximum atomic E-state index is 6.33. The van der Waals surface area contributed by atoms with Gasteiger partial charge in [0.25, 0.3) is 7.46 Å². The van der Waals surface area contributed by atoms with E-state index >= 15 is 0 Å². The summed E-state index contributed by atoms with van der Waals surface area (Å²) in [5.41, 5.74) is 4.99. The van der Waals surface area contributed by atoms with Gasteiger partial charge in [0.15, 0.2) is 0 Å². The van der Waals surface area contributed by atoms with Gasteiger partial charge in [-0.2, -0.15) is 9.36 Å². The van der Waals surface area contributed by atoms with Gasteiger partial charge in [0, 0.05) is 0 Å². The molecule has 0 radical (unpaired) electrons. The zero-order valence-electron chi connectivity index (χ0n) is 15.5. The summed E-state index contributed by atoms with van der Waals surface area (Å²) in [5, 5.41) is 16.9. The third kappa shape index (κ3) is 3.37. The van der Waals surface area contributed by atoms with Crippen LogP contribution in [0.1, 0.15) is 11.1 Å². The van der Waals surface area contributed by atoms with E-state index in [1.54, 1.807) is 9.36 Å². The normalized spacial score (nSPS) is 15.5. The van der Waals surface area contributed by atoms with E-state index < -0.39 is 7.46 Å². The van der Waals surface area contributed by atoms with Crippen LogP contribution in [-0.4, -0.2) is 30.0 Å². The Balaban J connectivity index is 1.85. The highest BCUT2D eigenvalue weighted by Gasteiger charge is 2.43. The summed E-state index contributed by atoms with van der Waals surface area (Å²) < 4.78 is 6.72. The molecule has 2 unspecified atom stereocenters. The van der Waals surface area contributed by atoms with Gasteiger partial charge in [-0.05, 0) is 106 Å². The lowest BCUT2D eigenvalue weighted by molar-refractivity contribution is -0.0614. The average Bonchev–Trinajstić information content (AvgIpc) is 3.31. The number of hydrogen-bond donors (Lipinski definition) is 0. The number of benzene rings is 2. The second kappa shape index (κ2) is 7.23. The second-order valence-electron chi connectivity index (χ2n) is 6.50. The van der Waals surface area contributed by atoms with Crippen LogP contribution in [0.4, 0.5) is 0 Å². The van der Waals surface area contributed by atoms with E-state index in [0.29, 0.717) is 11.0 Å². The van der Waals surface area contributed by atoms with Gasteiger partial charge in [0.05, 0.1) is 11.0 Å². The monoisotopic (exact) mass is 608 g/mol. The van der Waals surface area contributed by atoms with E-state index in [2.05, 4.69) is 32.5 Å². The molecule has 144 valence electrons. The zero-order valence-corrected chi connectivity index (χ0v) is 19.8. The van der Waals surface area contributed by atoms with Gasteiger partial charge in [-0.15, -0.1) is 23.0 Å². The largest absolute Gasteiger partial charge is 0.286 e. The first-order valence-corrected chi connectivity index (χ1v) is 10.6. The number of hydrogen-bond acceptors (Lipinski definition) is 5. The summed E-state index contributed by atoms with van der Waals surface area (Å²) in [6.07, 6.45) is 11.8. The van der Waals surface area contributed by atoms with Crippen LogP contribution in [0, 0.1) is 38.5 Å². The van der Waals surface area contributed by atoms with E-state index in [1.807, 2.05) is 95.4 Å². The molecule has 29 heavy (non-hydrogen) atoms. The third-order valence-corrected chi connectivity index (χ3v) is 6.35. The maximum absolute atomic E-state index is 6.33. The van der Waals surface area contributed by atoms with Crippen molar-refractivity contribution in [2.75, 3.05) is 0 Å². The lowest BCUT2D eigenvalue weighted by Crippen LogP contribution is -2.40. The van der Waals surface area contributed by atoms with Crippen LogP contribution in [0.15, 0.2) is 36.4 Å². The average molecular weight is 608 g/mol. The van der Waals surface area contributed by atoms with Crippen LogP contribution in [0.3, 0.4) is 0 Å². The molecule has 7 nitrogen and oxygen atoms in total. The summed E-state index contributed by atoms with van der Waals surface area (Å²) in [5.74, 6) is 5.33. The summed E-state index contributed by atoms with van der Waals surface area (Å²) in [4.78, 5) is 0. The smallest absolute Gasteiger partial charge is 0.281 e. The molecule has 2 atom stereocenters. The highest BCUT2D eigenvalue weighted by molar-refractivity contribution is 14.1. The number of ether oxygens (including phenoxy) is 1. The molecule has 2 heterocycles. The summed E-state index contributed by atoms with van der Waals surface area (Å²) in [6, 6.07) is 11.6. The van der Waals surface area contributed by atoms with Crippen molar-refractivity contribution in [2.45, 2.75) is 21.3 Å². The van der Waals surface area contributed by atoms with Crippen LogP contribution >= 0.6 is 45.2 Å². The van der Waals surface area contributed by atoms with Crippen molar-refractivity contribution in [3.8, 4) is 24.7 Å². The predicted molar refractivity (Wildman–Crippen MR) is 127 cm³/mol. The number of aryl methyl sites for hydroxylation is 2. The van der Waals surface area contributed by atoms with Crippen molar-refractivity contribution in [1.29, 1.82) is 0 Å².